The third-order valence-electron chi connectivity index (χ3n) is 2.59. The van der Waals surface area contributed by atoms with E-state index in [0.29, 0.717) is 23.6 Å². The highest BCUT2D eigenvalue weighted by Crippen LogP contribution is 2.20. The second-order valence-corrected chi connectivity index (χ2v) is 4.81. The van der Waals surface area contributed by atoms with E-state index in [1.807, 2.05) is 0 Å². The third-order valence-corrected chi connectivity index (χ3v) is 3.44. The number of benzene rings is 1. The molecule has 0 fully saturated rings. The largest absolute Gasteiger partial charge is 0.462 e. The fourth-order valence-electron chi connectivity index (χ4n) is 1.73. The summed E-state index contributed by atoms with van der Waals surface area (Å²) in [7, 11) is 0. The highest BCUT2D eigenvalue weighted by molar-refractivity contribution is 7.11. The Morgan fingerprint density at radius 3 is 2.90 bits per heavy atom. The molecular weight excluding hydrogens is 292 g/mol. The zero-order valence-corrected chi connectivity index (χ0v) is 11.6. The molecule has 1 aromatic heterocycles. The van der Waals surface area contributed by atoms with E-state index in [1.165, 1.54) is 23.5 Å². The van der Waals surface area contributed by atoms with Crippen molar-refractivity contribution in [2.75, 3.05) is 6.61 Å². The van der Waals surface area contributed by atoms with Crippen molar-refractivity contribution in [3.63, 3.8) is 0 Å². The van der Waals surface area contributed by atoms with Crippen LogP contribution in [0.5, 0.6) is 0 Å². The average molecular weight is 308 g/mol. The Morgan fingerprint density at radius 2 is 2.24 bits per heavy atom. The van der Waals surface area contributed by atoms with E-state index < -0.39 is 10.9 Å². The summed E-state index contributed by atoms with van der Waals surface area (Å²) < 4.78 is 4.95. The van der Waals surface area contributed by atoms with Crippen LogP contribution >= 0.6 is 11.3 Å². The summed E-state index contributed by atoms with van der Waals surface area (Å²) in [6, 6.07) is 6.29. The first-order valence-corrected chi connectivity index (χ1v) is 6.82. The molecule has 112 valence electrons. The van der Waals surface area contributed by atoms with Gasteiger partial charge in [0.1, 0.15) is 4.88 Å². The number of hydrogen-bond donors (Lipinski definition) is 0. The predicted molar refractivity (Wildman–Crippen MR) is 80.7 cm³/mol. The van der Waals surface area contributed by atoms with Crippen molar-refractivity contribution in [3.05, 3.63) is 56.0 Å². The second kappa shape index (κ2) is 7.49. The van der Waals surface area contributed by atoms with Crippen LogP contribution in [0.15, 0.2) is 29.8 Å². The summed E-state index contributed by atoms with van der Waals surface area (Å²) in [4.78, 5) is 26.6. The van der Waals surface area contributed by atoms with Gasteiger partial charge in [-0.2, -0.15) is 0 Å². The van der Waals surface area contributed by atoms with Gasteiger partial charge in [0.05, 0.1) is 22.7 Å². The zero-order chi connectivity index (χ0) is 14.5. The van der Waals surface area contributed by atoms with Gasteiger partial charge in [-0.05, 0) is 12.5 Å². The maximum atomic E-state index is 11.7. The number of aromatic nitrogens is 1. The first kappa shape index (κ1) is 16.8. The van der Waals surface area contributed by atoms with Crippen LogP contribution in [0.4, 0.5) is 5.69 Å². The molecule has 6 nitrogen and oxygen atoms in total. The molecule has 0 atom stereocenters. The zero-order valence-electron chi connectivity index (χ0n) is 10.7. The molecule has 0 saturated carbocycles. The summed E-state index contributed by atoms with van der Waals surface area (Å²) in [5, 5.41) is 10.7. The molecule has 0 spiro atoms. The number of non-ortho nitro benzene ring substituents is 1. The van der Waals surface area contributed by atoms with Crippen LogP contribution in [0.3, 0.4) is 0 Å². The first-order chi connectivity index (χ1) is 9.61. The van der Waals surface area contributed by atoms with E-state index in [1.54, 1.807) is 24.6 Å². The van der Waals surface area contributed by atoms with E-state index in [2.05, 4.69) is 4.98 Å². The Kier molecular flexibility index (Phi) is 5.98. The van der Waals surface area contributed by atoms with E-state index in [9.17, 15) is 14.9 Å². The highest BCUT2D eigenvalue weighted by atomic mass is 32.1. The number of nitro benzene ring substituents is 1. The van der Waals surface area contributed by atoms with Crippen LogP contribution in [0.2, 0.25) is 0 Å². The molecular formula is C14H16N2O4S. The second-order valence-electron chi connectivity index (χ2n) is 3.95. The number of carbonyl (C=O) groups excluding carboxylic acids is 1. The Hall–Kier alpha value is -2.28. The molecule has 21 heavy (non-hydrogen) atoms. The Bertz CT molecular complexity index is 639. The number of ether oxygens (including phenoxy) is 1. The molecule has 7 heteroatoms. The number of esters is 1. The molecule has 0 amide bonds. The Morgan fingerprint density at radius 1 is 1.48 bits per heavy atom. The molecule has 0 aliphatic heterocycles. The van der Waals surface area contributed by atoms with Crippen LogP contribution in [0.25, 0.3) is 0 Å². The van der Waals surface area contributed by atoms with Gasteiger partial charge in [-0.25, -0.2) is 9.78 Å². The van der Waals surface area contributed by atoms with Gasteiger partial charge < -0.3 is 4.74 Å². The molecule has 0 aliphatic rings. The van der Waals surface area contributed by atoms with Crippen LogP contribution in [-0.2, 0) is 11.2 Å². The molecule has 1 aromatic carbocycles. The third kappa shape index (κ3) is 4.09. The number of rotatable bonds is 5. The molecule has 2 aromatic rings. The van der Waals surface area contributed by atoms with E-state index >= 15 is 0 Å². The Balaban J connectivity index is 0.00000220. The van der Waals surface area contributed by atoms with Gasteiger partial charge in [0.25, 0.3) is 5.69 Å². The van der Waals surface area contributed by atoms with E-state index in [4.69, 9.17) is 4.74 Å². The van der Waals surface area contributed by atoms with Crippen molar-refractivity contribution in [3.8, 4) is 0 Å². The van der Waals surface area contributed by atoms with Gasteiger partial charge in [-0.1, -0.05) is 19.6 Å². The van der Waals surface area contributed by atoms with E-state index in [0.717, 1.165) is 5.56 Å². The van der Waals surface area contributed by atoms with Crippen molar-refractivity contribution in [1.29, 1.82) is 0 Å². The maximum Gasteiger partial charge on any atom is 0.350 e. The smallest absolute Gasteiger partial charge is 0.350 e. The quantitative estimate of drug-likeness (QED) is 0.480. The molecule has 0 bridgehead atoms. The predicted octanol–water partition coefficient (Wildman–Crippen LogP) is 3.45. The number of hydrogen-bond acceptors (Lipinski definition) is 6. The summed E-state index contributed by atoms with van der Waals surface area (Å²) in [5.74, 6) is -0.407. The fourth-order valence-corrected chi connectivity index (χ4v) is 2.43. The first-order valence-electron chi connectivity index (χ1n) is 5.94. The average Bonchev–Trinajstić information content (AvgIpc) is 2.87. The standard InChI is InChI=1S/C13H12N2O4S.CH4/c1-2-19-13(16)12-11(14-8-20-12)7-9-4-3-5-10(6-9)15(17)18;/h3-6,8H,2,7H2,1H3;1H4. The Labute approximate surface area is 126 Å². The molecule has 1 heterocycles. The van der Waals surface area contributed by atoms with Crippen molar-refractivity contribution >= 4 is 23.0 Å². The minimum atomic E-state index is -0.448. The van der Waals surface area contributed by atoms with Crippen LogP contribution in [0.1, 0.15) is 35.3 Å². The minimum Gasteiger partial charge on any atom is -0.462 e. The van der Waals surface area contributed by atoms with Gasteiger partial charge >= 0.3 is 5.97 Å². The van der Waals surface area contributed by atoms with Crippen LogP contribution < -0.4 is 0 Å². The van der Waals surface area contributed by atoms with Gasteiger partial charge in [0, 0.05) is 18.6 Å². The molecule has 0 saturated heterocycles. The van der Waals surface area contributed by atoms with Gasteiger partial charge in [0.15, 0.2) is 0 Å². The number of nitrogens with zero attached hydrogens (tertiary/aromatic N) is 2. The molecule has 0 aliphatic carbocycles. The summed E-state index contributed by atoms with van der Waals surface area (Å²) >= 11 is 1.21. The van der Waals surface area contributed by atoms with Crippen molar-refractivity contribution < 1.29 is 14.5 Å². The van der Waals surface area contributed by atoms with Crippen LogP contribution in [-0.4, -0.2) is 22.5 Å². The summed E-state index contributed by atoms with van der Waals surface area (Å²) in [6.45, 7) is 2.03. The SMILES string of the molecule is C.CCOC(=O)c1scnc1Cc1cccc([N+](=O)[O-])c1. The lowest BCUT2D eigenvalue weighted by Crippen LogP contribution is -2.06. The summed E-state index contributed by atoms with van der Waals surface area (Å²) in [5.41, 5.74) is 2.90. The maximum absolute atomic E-state index is 11.7. The van der Waals surface area contributed by atoms with Gasteiger partial charge in [-0.15, -0.1) is 11.3 Å². The van der Waals surface area contributed by atoms with Crippen molar-refractivity contribution in [2.45, 2.75) is 20.8 Å². The van der Waals surface area contributed by atoms with Crippen molar-refractivity contribution in [1.82, 2.24) is 4.98 Å². The monoisotopic (exact) mass is 308 g/mol. The van der Waals surface area contributed by atoms with Gasteiger partial charge in [0.2, 0.25) is 0 Å². The lowest BCUT2D eigenvalue weighted by Gasteiger charge is -2.03. The minimum absolute atomic E-state index is 0. The fraction of sp³-hybridized carbons (Fsp3) is 0.286. The number of carbonyl (C=O) groups is 1. The lowest BCUT2D eigenvalue weighted by molar-refractivity contribution is -0.384. The highest BCUT2D eigenvalue weighted by Gasteiger charge is 2.16. The van der Waals surface area contributed by atoms with E-state index in [-0.39, 0.29) is 13.1 Å². The lowest BCUT2D eigenvalue weighted by atomic mass is 10.1. The number of nitro groups is 1. The molecule has 2 rings (SSSR count). The molecule has 0 N–H and O–H groups in total. The summed E-state index contributed by atoms with van der Waals surface area (Å²) in [6.07, 6.45) is 0.360. The van der Waals surface area contributed by atoms with Crippen molar-refractivity contribution in [2.24, 2.45) is 0 Å². The topological polar surface area (TPSA) is 82.3 Å². The molecule has 0 radical (unpaired) electrons. The molecule has 0 unspecified atom stereocenters. The van der Waals surface area contributed by atoms with Crippen LogP contribution in [0, 0.1) is 10.1 Å². The normalized spacial score (nSPS) is 9.76. The number of thiazole rings is 1. The van der Waals surface area contributed by atoms with Gasteiger partial charge in [-0.3, -0.25) is 10.1 Å².